The molecule has 0 saturated heterocycles. The van der Waals surface area contributed by atoms with E-state index in [0.29, 0.717) is 5.56 Å². The largest absolute Gasteiger partial charge is 0.392 e. The molecule has 0 aliphatic rings. The molecule has 4 unspecified atom stereocenters. The Labute approximate surface area is 106 Å². The minimum Gasteiger partial charge on any atom is -0.392 e. The summed E-state index contributed by atoms with van der Waals surface area (Å²) in [6, 6.07) is 6.50. The third-order valence-corrected chi connectivity index (χ3v) is 4.53. The summed E-state index contributed by atoms with van der Waals surface area (Å²) in [5.41, 5.74) is 6.53. The van der Waals surface area contributed by atoms with Crippen LogP contribution < -0.4 is 5.73 Å². The lowest BCUT2D eigenvalue weighted by atomic mass is 10.1. The quantitative estimate of drug-likeness (QED) is 0.852. The molecule has 0 bridgehead atoms. The molecule has 17 heavy (non-hydrogen) atoms. The molecule has 0 spiro atoms. The SMILES string of the molecule is CC(N)C(SC(C)C(C)O)c1ccccc1F. The summed E-state index contributed by atoms with van der Waals surface area (Å²) < 4.78 is 13.7. The first-order valence-electron chi connectivity index (χ1n) is 5.77. The lowest BCUT2D eigenvalue weighted by molar-refractivity contribution is 0.196. The Kier molecular flexibility index (Phi) is 5.43. The second-order valence-electron chi connectivity index (χ2n) is 4.38. The first-order valence-corrected chi connectivity index (χ1v) is 6.71. The molecule has 0 saturated carbocycles. The Hall–Kier alpha value is -0.580. The van der Waals surface area contributed by atoms with Crippen LogP contribution in [0.4, 0.5) is 4.39 Å². The molecule has 0 aromatic heterocycles. The van der Waals surface area contributed by atoms with Gasteiger partial charge in [0.2, 0.25) is 0 Å². The van der Waals surface area contributed by atoms with E-state index in [0.717, 1.165) is 0 Å². The smallest absolute Gasteiger partial charge is 0.127 e. The van der Waals surface area contributed by atoms with Gasteiger partial charge in [0.1, 0.15) is 5.82 Å². The van der Waals surface area contributed by atoms with E-state index in [1.165, 1.54) is 17.8 Å². The maximum Gasteiger partial charge on any atom is 0.127 e. The zero-order valence-corrected chi connectivity index (χ0v) is 11.2. The number of halogens is 1. The molecule has 1 aromatic rings. The predicted octanol–water partition coefficient (Wildman–Crippen LogP) is 2.72. The predicted molar refractivity (Wildman–Crippen MR) is 71.5 cm³/mol. The summed E-state index contributed by atoms with van der Waals surface area (Å²) in [5.74, 6) is -0.236. The van der Waals surface area contributed by atoms with Gasteiger partial charge in [0.15, 0.2) is 0 Å². The van der Waals surface area contributed by atoms with Gasteiger partial charge in [-0.15, -0.1) is 11.8 Å². The minimum absolute atomic E-state index is 0.0191. The molecular weight excluding hydrogens is 237 g/mol. The Morgan fingerprint density at radius 1 is 1.24 bits per heavy atom. The third-order valence-electron chi connectivity index (χ3n) is 2.73. The van der Waals surface area contributed by atoms with Crippen LogP contribution in [0.25, 0.3) is 0 Å². The van der Waals surface area contributed by atoms with Crippen LogP contribution >= 0.6 is 11.8 Å². The van der Waals surface area contributed by atoms with Gasteiger partial charge in [0.05, 0.1) is 6.10 Å². The molecule has 96 valence electrons. The van der Waals surface area contributed by atoms with E-state index in [9.17, 15) is 9.50 Å². The molecule has 0 heterocycles. The maximum absolute atomic E-state index is 13.7. The second-order valence-corrected chi connectivity index (χ2v) is 5.91. The number of benzene rings is 1. The zero-order chi connectivity index (χ0) is 13.0. The highest BCUT2D eigenvalue weighted by Gasteiger charge is 2.24. The van der Waals surface area contributed by atoms with Crippen LogP contribution in [0, 0.1) is 5.82 Å². The highest BCUT2D eigenvalue weighted by atomic mass is 32.2. The van der Waals surface area contributed by atoms with Gasteiger partial charge in [-0.25, -0.2) is 4.39 Å². The number of nitrogens with two attached hydrogens (primary N) is 1. The van der Waals surface area contributed by atoms with Crippen LogP contribution in [0.2, 0.25) is 0 Å². The molecule has 3 N–H and O–H groups in total. The molecule has 1 aromatic carbocycles. The monoisotopic (exact) mass is 257 g/mol. The molecule has 0 aliphatic carbocycles. The average molecular weight is 257 g/mol. The van der Waals surface area contributed by atoms with Crippen molar-refractivity contribution >= 4 is 11.8 Å². The van der Waals surface area contributed by atoms with Crippen LogP contribution in [0.3, 0.4) is 0 Å². The number of aliphatic hydroxyl groups excluding tert-OH is 1. The van der Waals surface area contributed by atoms with Crippen molar-refractivity contribution in [2.24, 2.45) is 5.73 Å². The van der Waals surface area contributed by atoms with Crippen molar-refractivity contribution in [2.75, 3.05) is 0 Å². The van der Waals surface area contributed by atoms with Crippen molar-refractivity contribution in [2.45, 2.75) is 43.4 Å². The van der Waals surface area contributed by atoms with E-state index in [2.05, 4.69) is 0 Å². The lowest BCUT2D eigenvalue weighted by Crippen LogP contribution is -2.27. The fraction of sp³-hybridized carbons (Fsp3) is 0.538. The van der Waals surface area contributed by atoms with E-state index in [1.807, 2.05) is 13.8 Å². The van der Waals surface area contributed by atoms with Gasteiger partial charge in [0.25, 0.3) is 0 Å². The zero-order valence-electron chi connectivity index (χ0n) is 10.4. The van der Waals surface area contributed by atoms with Crippen molar-refractivity contribution in [3.05, 3.63) is 35.6 Å². The molecule has 4 atom stereocenters. The summed E-state index contributed by atoms with van der Waals surface area (Å²) in [6.07, 6.45) is -0.437. The standard InChI is InChI=1S/C13H20FNOS/c1-8(15)13(17-10(3)9(2)16)11-6-4-5-7-12(11)14/h4-10,13,16H,15H2,1-3H3. The van der Waals surface area contributed by atoms with Gasteiger partial charge in [-0.05, 0) is 19.9 Å². The molecular formula is C13H20FNOS. The highest BCUT2D eigenvalue weighted by molar-refractivity contribution is 8.00. The minimum atomic E-state index is -0.437. The topological polar surface area (TPSA) is 46.2 Å². The van der Waals surface area contributed by atoms with Crippen molar-refractivity contribution in [3.8, 4) is 0 Å². The van der Waals surface area contributed by atoms with E-state index in [4.69, 9.17) is 5.73 Å². The fourth-order valence-electron chi connectivity index (χ4n) is 1.53. The number of hydrogen-bond acceptors (Lipinski definition) is 3. The number of hydrogen-bond donors (Lipinski definition) is 2. The first-order chi connectivity index (χ1) is 7.93. The van der Waals surface area contributed by atoms with E-state index in [1.54, 1.807) is 25.1 Å². The van der Waals surface area contributed by atoms with Crippen molar-refractivity contribution < 1.29 is 9.50 Å². The van der Waals surface area contributed by atoms with Gasteiger partial charge in [-0.2, -0.15) is 0 Å². The van der Waals surface area contributed by atoms with Crippen molar-refractivity contribution in [3.63, 3.8) is 0 Å². The average Bonchev–Trinajstić information content (AvgIpc) is 2.26. The van der Waals surface area contributed by atoms with E-state index >= 15 is 0 Å². The fourth-order valence-corrected chi connectivity index (χ4v) is 2.81. The Morgan fingerprint density at radius 2 is 1.82 bits per heavy atom. The molecule has 0 amide bonds. The number of aliphatic hydroxyl groups is 1. The summed E-state index contributed by atoms with van der Waals surface area (Å²) in [6.45, 7) is 5.52. The lowest BCUT2D eigenvalue weighted by Gasteiger charge is -2.26. The second kappa shape index (κ2) is 6.38. The summed E-state index contributed by atoms with van der Waals surface area (Å²) in [5, 5.41) is 9.39. The van der Waals surface area contributed by atoms with Gasteiger partial charge >= 0.3 is 0 Å². The number of rotatable bonds is 5. The normalized spacial score (nSPS) is 18.5. The van der Waals surface area contributed by atoms with Gasteiger partial charge in [-0.1, -0.05) is 25.1 Å². The Bertz CT molecular complexity index is 357. The van der Waals surface area contributed by atoms with Crippen LogP contribution in [0.15, 0.2) is 24.3 Å². The van der Waals surface area contributed by atoms with Crippen molar-refractivity contribution in [1.82, 2.24) is 0 Å². The summed E-state index contributed by atoms with van der Waals surface area (Å²) in [4.78, 5) is 0. The van der Waals surface area contributed by atoms with Crippen LogP contribution in [0.5, 0.6) is 0 Å². The van der Waals surface area contributed by atoms with Crippen LogP contribution in [-0.4, -0.2) is 22.5 Å². The van der Waals surface area contributed by atoms with E-state index < -0.39 is 6.10 Å². The molecule has 4 heteroatoms. The first kappa shape index (κ1) is 14.5. The van der Waals surface area contributed by atoms with Crippen molar-refractivity contribution in [1.29, 1.82) is 0 Å². The maximum atomic E-state index is 13.7. The summed E-state index contributed by atoms with van der Waals surface area (Å²) in [7, 11) is 0. The van der Waals surface area contributed by atoms with Crippen LogP contribution in [0.1, 0.15) is 31.6 Å². The highest BCUT2D eigenvalue weighted by Crippen LogP contribution is 2.36. The van der Waals surface area contributed by atoms with Gasteiger partial charge < -0.3 is 10.8 Å². The van der Waals surface area contributed by atoms with Gasteiger partial charge in [0, 0.05) is 22.1 Å². The molecule has 1 rings (SSSR count). The van der Waals surface area contributed by atoms with E-state index in [-0.39, 0.29) is 22.4 Å². The molecule has 0 radical (unpaired) electrons. The summed E-state index contributed by atoms with van der Waals surface area (Å²) >= 11 is 1.51. The molecule has 0 aliphatic heterocycles. The number of thioether (sulfide) groups is 1. The Morgan fingerprint density at radius 3 is 2.29 bits per heavy atom. The molecule has 2 nitrogen and oxygen atoms in total. The van der Waals surface area contributed by atoms with Gasteiger partial charge in [-0.3, -0.25) is 0 Å². The third kappa shape index (κ3) is 3.98. The Balaban J connectivity index is 2.91. The molecule has 0 fully saturated rings. The van der Waals surface area contributed by atoms with Crippen LogP contribution in [-0.2, 0) is 0 Å².